The summed E-state index contributed by atoms with van der Waals surface area (Å²) in [5, 5.41) is 0. The highest BCUT2D eigenvalue weighted by Gasteiger charge is 2.53. The minimum Gasteiger partial charge on any atom is -0.497 e. The van der Waals surface area contributed by atoms with Gasteiger partial charge < -0.3 is 23.8 Å². The largest absolute Gasteiger partial charge is 0.497 e. The van der Waals surface area contributed by atoms with E-state index in [9.17, 15) is 9.59 Å². The lowest BCUT2D eigenvalue weighted by atomic mass is 9.70. The molecular formula is C30H35NO6. The maximum absolute atomic E-state index is 14.0. The summed E-state index contributed by atoms with van der Waals surface area (Å²) in [4.78, 5) is 29.6. The zero-order chi connectivity index (χ0) is 26.3. The standard InChI is InChI=1S/C30H35NO6/c1-17-13-18(2)28-22(14-17)27(32)25-26(20-7-6-8-21(16-20)34-3)31(30(33)29(25)37-28)12-11-19-9-10-23(35-4)24(15-19)36-5/h6-10,15-18,22,26,28H,11-14H2,1-5H3. The van der Waals surface area contributed by atoms with Crippen molar-refractivity contribution >= 4 is 11.7 Å². The molecule has 7 nitrogen and oxygen atoms in total. The van der Waals surface area contributed by atoms with Crippen LogP contribution in [-0.2, 0) is 20.7 Å². The van der Waals surface area contributed by atoms with E-state index in [1.807, 2.05) is 42.5 Å². The third-order valence-electron chi connectivity index (χ3n) is 8.03. The Morgan fingerprint density at radius 2 is 1.73 bits per heavy atom. The molecule has 1 fully saturated rings. The maximum atomic E-state index is 14.0. The van der Waals surface area contributed by atoms with Crippen molar-refractivity contribution in [3.05, 3.63) is 64.9 Å². The molecule has 196 valence electrons. The van der Waals surface area contributed by atoms with Gasteiger partial charge in [0.15, 0.2) is 23.0 Å². The van der Waals surface area contributed by atoms with Crippen molar-refractivity contribution < 1.29 is 28.5 Å². The van der Waals surface area contributed by atoms with E-state index >= 15 is 0 Å². The van der Waals surface area contributed by atoms with Gasteiger partial charge in [-0.25, -0.2) is 0 Å². The van der Waals surface area contributed by atoms with Gasteiger partial charge in [-0.05, 0) is 66.5 Å². The first kappa shape index (κ1) is 25.2. The van der Waals surface area contributed by atoms with Crippen molar-refractivity contribution in [3.8, 4) is 17.2 Å². The van der Waals surface area contributed by atoms with E-state index in [-0.39, 0.29) is 35.4 Å². The van der Waals surface area contributed by atoms with E-state index in [2.05, 4.69) is 13.8 Å². The fourth-order valence-corrected chi connectivity index (χ4v) is 6.30. The van der Waals surface area contributed by atoms with Crippen molar-refractivity contribution in [2.75, 3.05) is 27.9 Å². The minimum absolute atomic E-state index is 0.0550. The fraction of sp³-hybridized carbons (Fsp3) is 0.467. The van der Waals surface area contributed by atoms with Gasteiger partial charge in [0.25, 0.3) is 5.91 Å². The molecule has 1 saturated carbocycles. The summed E-state index contributed by atoms with van der Waals surface area (Å²) in [6, 6.07) is 12.9. The monoisotopic (exact) mass is 505 g/mol. The average molecular weight is 506 g/mol. The van der Waals surface area contributed by atoms with Crippen molar-refractivity contribution in [1.82, 2.24) is 4.90 Å². The van der Waals surface area contributed by atoms with Gasteiger partial charge in [-0.2, -0.15) is 0 Å². The van der Waals surface area contributed by atoms with Gasteiger partial charge in [0.1, 0.15) is 11.9 Å². The van der Waals surface area contributed by atoms with E-state index in [0.29, 0.717) is 41.7 Å². The Morgan fingerprint density at radius 1 is 0.946 bits per heavy atom. The van der Waals surface area contributed by atoms with Crippen LogP contribution in [-0.4, -0.2) is 50.6 Å². The molecule has 1 aliphatic carbocycles. The first-order valence-electron chi connectivity index (χ1n) is 13.0. The number of ketones is 1. The molecule has 0 saturated heterocycles. The SMILES string of the molecule is COc1cccc(C2C3=C(OC4C(C)CC(C)CC4C3=O)C(=O)N2CCc2ccc(OC)c(OC)c2)c1. The van der Waals surface area contributed by atoms with E-state index in [1.165, 1.54) is 0 Å². The Kier molecular flexibility index (Phi) is 6.88. The van der Waals surface area contributed by atoms with Gasteiger partial charge in [0.2, 0.25) is 0 Å². The molecule has 0 bridgehead atoms. The third kappa shape index (κ3) is 4.45. The highest BCUT2D eigenvalue weighted by atomic mass is 16.5. The number of carbonyl (C=O) groups is 2. The summed E-state index contributed by atoms with van der Waals surface area (Å²) < 4.78 is 22.7. The van der Waals surface area contributed by atoms with Gasteiger partial charge in [0.05, 0.1) is 38.9 Å². The lowest BCUT2D eigenvalue weighted by molar-refractivity contribution is -0.138. The number of carbonyl (C=O) groups excluding carboxylic acids is 2. The Bertz CT molecular complexity index is 1240. The third-order valence-corrected chi connectivity index (χ3v) is 8.03. The van der Waals surface area contributed by atoms with Crippen LogP contribution in [0.1, 0.15) is 43.9 Å². The summed E-state index contributed by atoms with van der Waals surface area (Å²) in [7, 11) is 4.82. The quantitative estimate of drug-likeness (QED) is 0.541. The second-order valence-corrected chi connectivity index (χ2v) is 10.5. The first-order valence-corrected chi connectivity index (χ1v) is 13.0. The minimum atomic E-state index is -0.515. The van der Waals surface area contributed by atoms with Gasteiger partial charge in [-0.3, -0.25) is 9.59 Å². The van der Waals surface area contributed by atoms with Gasteiger partial charge in [0, 0.05) is 6.54 Å². The zero-order valence-corrected chi connectivity index (χ0v) is 22.2. The van der Waals surface area contributed by atoms with Crippen LogP contribution in [0.5, 0.6) is 17.2 Å². The van der Waals surface area contributed by atoms with E-state index < -0.39 is 6.04 Å². The van der Waals surface area contributed by atoms with Gasteiger partial charge in [-0.1, -0.05) is 32.0 Å². The summed E-state index contributed by atoms with van der Waals surface area (Å²) >= 11 is 0. The number of hydrogen-bond acceptors (Lipinski definition) is 6. The summed E-state index contributed by atoms with van der Waals surface area (Å²) in [6.45, 7) is 4.74. The fourth-order valence-electron chi connectivity index (χ4n) is 6.30. The van der Waals surface area contributed by atoms with Crippen LogP contribution in [0.2, 0.25) is 0 Å². The molecule has 2 aromatic carbocycles. The summed E-state index contributed by atoms with van der Waals surface area (Å²) in [6.07, 6.45) is 2.12. The highest BCUT2D eigenvalue weighted by Crippen LogP contribution is 2.49. The molecule has 2 aliphatic heterocycles. The van der Waals surface area contributed by atoms with Crippen molar-refractivity contribution in [3.63, 3.8) is 0 Å². The van der Waals surface area contributed by atoms with Gasteiger partial charge >= 0.3 is 0 Å². The van der Waals surface area contributed by atoms with Crippen LogP contribution in [0.15, 0.2) is 53.8 Å². The van der Waals surface area contributed by atoms with Crippen LogP contribution < -0.4 is 14.2 Å². The maximum Gasteiger partial charge on any atom is 0.290 e. The molecule has 0 N–H and O–H groups in total. The second-order valence-electron chi connectivity index (χ2n) is 10.5. The van der Waals surface area contributed by atoms with Crippen LogP contribution >= 0.6 is 0 Å². The smallest absolute Gasteiger partial charge is 0.290 e. The summed E-state index contributed by atoms with van der Waals surface area (Å²) in [5.41, 5.74) is 2.34. The number of Topliss-reactive ketones (excluding diaryl/α,β-unsaturated/α-hetero) is 1. The number of amides is 1. The molecule has 2 aromatic rings. The Labute approximate surface area is 218 Å². The second kappa shape index (κ2) is 10.1. The molecule has 1 amide bonds. The molecule has 0 aromatic heterocycles. The summed E-state index contributed by atoms with van der Waals surface area (Å²) in [5.74, 6) is 2.48. The lowest BCUT2D eigenvalue weighted by Gasteiger charge is -2.41. The van der Waals surface area contributed by atoms with Crippen molar-refractivity contribution in [2.24, 2.45) is 17.8 Å². The number of fused-ring (bicyclic) bond motifs is 1. The Balaban J connectivity index is 1.51. The number of benzene rings is 2. The number of ether oxygens (including phenoxy) is 4. The lowest BCUT2D eigenvalue weighted by Crippen LogP contribution is -2.45. The molecule has 0 spiro atoms. The van der Waals surface area contributed by atoms with Crippen molar-refractivity contribution in [2.45, 2.75) is 45.3 Å². The molecule has 5 rings (SSSR count). The molecule has 0 radical (unpaired) electrons. The highest BCUT2D eigenvalue weighted by molar-refractivity contribution is 6.11. The Hall–Kier alpha value is -3.48. The molecular weight excluding hydrogens is 470 g/mol. The molecule has 7 heteroatoms. The van der Waals surface area contributed by atoms with E-state index in [0.717, 1.165) is 24.0 Å². The number of rotatable bonds is 7. The number of hydrogen-bond donors (Lipinski definition) is 0. The van der Waals surface area contributed by atoms with E-state index in [4.69, 9.17) is 18.9 Å². The molecule has 5 atom stereocenters. The predicted molar refractivity (Wildman–Crippen MR) is 139 cm³/mol. The number of methoxy groups -OCH3 is 3. The van der Waals surface area contributed by atoms with Crippen LogP contribution in [0.4, 0.5) is 0 Å². The Morgan fingerprint density at radius 3 is 2.46 bits per heavy atom. The van der Waals surface area contributed by atoms with Crippen molar-refractivity contribution in [1.29, 1.82) is 0 Å². The predicted octanol–water partition coefficient (Wildman–Crippen LogP) is 4.74. The van der Waals surface area contributed by atoms with Gasteiger partial charge in [-0.15, -0.1) is 0 Å². The number of nitrogens with zero attached hydrogens (tertiary/aromatic N) is 1. The zero-order valence-electron chi connectivity index (χ0n) is 22.2. The van der Waals surface area contributed by atoms with Crippen LogP contribution in [0, 0.1) is 17.8 Å². The molecule has 5 unspecified atom stereocenters. The molecule has 2 heterocycles. The first-order chi connectivity index (χ1) is 17.9. The molecule has 3 aliphatic rings. The average Bonchev–Trinajstić information content (AvgIpc) is 3.19. The van der Waals surface area contributed by atoms with E-state index in [1.54, 1.807) is 26.2 Å². The normalized spacial score (nSPS) is 26.9. The van der Waals surface area contributed by atoms with Crippen LogP contribution in [0.3, 0.4) is 0 Å². The van der Waals surface area contributed by atoms with Crippen LogP contribution in [0.25, 0.3) is 0 Å². The molecule has 37 heavy (non-hydrogen) atoms. The topological polar surface area (TPSA) is 74.3 Å².